The second-order valence-electron chi connectivity index (χ2n) is 5.30. The predicted molar refractivity (Wildman–Crippen MR) is 96.6 cm³/mol. The number of hydrogen-bond acceptors (Lipinski definition) is 5. The summed E-state index contributed by atoms with van der Waals surface area (Å²) in [6.07, 6.45) is 1.71. The lowest BCUT2D eigenvalue weighted by Crippen LogP contribution is -2.19. The first-order valence-corrected chi connectivity index (χ1v) is 8.05. The van der Waals surface area contributed by atoms with Gasteiger partial charge < -0.3 is 14.6 Å². The van der Waals surface area contributed by atoms with Gasteiger partial charge in [0.05, 0.1) is 19.2 Å². The van der Waals surface area contributed by atoms with Crippen LogP contribution in [0.4, 0.5) is 0 Å². The molecule has 0 aliphatic carbocycles. The van der Waals surface area contributed by atoms with Gasteiger partial charge in [-0.05, 0) is 54.4 Å². The minimum absolute atomic E-state index is 0.214. The van der Waals surface area contributed by atoms with E-state index in [0.717, 1.165) is 16.9 Å². The van der Waals surface area contributed by atoms with Crippen molar-refractivity contribution in [3.8, 4) is 11.5 Å². The molecule has 2 N–H and O–H groups in total. The Morgan fingerprint density at radius 2 is 1.65 bits per heavy atom. The van der Waals surface area contributed by atoms with Gasteiger partial charge in [-0.2, -0.15) is 5.10 Å². The van der Waals surface area contributed by atoms with E-state index in [-0.39, 0.29) is 12.3 Å². The Balaban J connectivity index is 1.79. The summed E-state index contributed by atoms with van der Waals surface area (Å²) < 4.78 is 10.4. The quantitative estimate of drug-likeness (QED) is 0.530. The maximum absolute atomic E-state index is 11.9. The van der Waals surface area contributed by atoms with Gasteiger partial charge in [-0.3, -0.25) is 4.79 Å². The van der Waals surface area contributed by atoms with E-state index in [0.29, 0.717) is 12.4 Å². The minimum atomic E-state index is -1.04. The number of carbonyl (C=O) groups is 2. The zero-order valence-electron chi connectivity index (χ0n) is 14.3. The Kier molecular flexibility index (Phi) is 7.17. The molecule has 0 atom stereocenters. The number of ether oxygens (including phenoxy) is 2. The normalized spacial score (nSPS) is 10.5. The fourth-order valence-electron chi connectivity index (χ4n) is 2.07. The van der Waals surface area contributed by atoms with E-state index in [1.54, 1.807) is 24.3 Å². The van der Waals surface area contributed by atoms with E-state index in [9.17, 15) is 9.59 Å². The third kappa shape index (κ3) is 6.64. The van der Waals surface area contributed by atoms with Crippen molar-refractivity contribution < 1.29 is 24.2 Å². The van der Waals surface area contributed by atoms with Crippen LogP contribution in [-0.4, -0.2) is 36.4 Å². The average Bonchev–Trinajstić information content (AvgIpc) is 2.63. The monoisotopic (exact) mass is 356 g/mol. The molecule has 0 unspecified atom stereocenters. The number of nitrogens with one attached hydrogen (secondary N) is 1. The first kappa shape index (κ1) is 19.0. The number of benzene rings is 2. The van der Waals surface area contributed by atoms with Gasteiger partial charge >= 0.3 is 5.97 Å². The summed E-state index contributed by atoms with van der Waals surface area (Å²) in [6.45, 7) is 2.12. The van der Waals surface area contributed by atoms with E-state index < -0.39 is 12.6 Å². The molecule has 7 heteroatoms. The lowest BCUT2D eigenvalue weighted by molar-refractivity contribution is -0.139. The Hall–Kier alpha value is -3.35. The molecule has 0 fully saturated rings. The van der Waals surface area contributed by atoms with Crippen molar-refractivity contribution in [2.24, 2.45) is 5.10 Å². The summed E-state index contributed by atoms with van der Waals surface area (Å²) in [5.41, 5.74) is 4.07. The van der Waals surface area contributed by atoms with Crippen molar-refractivity contribution in [3.63, 3.8) is 0 Å². The van der Waals surface area contributed by atoms with Crippen molar-refractivity contribution in [1.29, 1.82) is 0 Å². The molecule has 26 heavy (non-hydrogen) atoms. The van der Waals surface area contributed by atoms with Crippen LogP contribution in [-0.2, 0) is 16.0 Å². The Labute approximate surface area is 151 Å². The van der Waals surface area contributed by atoms with E-state index in [1.165, 1.54) is 6.21 Å². The Morgan fingerprint density at radius 3 is 2.27 bits per heavy atom. The van der Waals surface area contributed by atoms with Gasteiger partial charge in [0, 0.05) is 0 Å². The SMILES string of the molecule is CCOc1ccc(CC(=O)N/N=C/c2ccc(OCC(=O)O)cc2)cc1. The third-order valence-electron chi connectivity index (χ3n) is 3.24. The van der Waals surface area contributed by atoms with Crippen LogP contribution in [0.25, 0.3) is 0 Å². The van der Waals surface area contributed by atoms with Crippen LogP contribution < -0.4 is 14.9 Å². The molecule has 0 aromatic heterocycles. The van der Waals surface area contributed by atoms with Crippen LogP contribution in [0, 0.1) is 0 Å². The highest BCUT2D eigenvalue weighted by Crippen LogP contribution is 2.12. The molecule has 2 aromatic rings. The van der Waals surface area contributed by atoms with Gasteiger partial charge in [0.1, 0.15) is 11.5 Å². The van der Waals surface area contributed by atoms with E-state index in [4.69, 9.17) is 14.6 Å². The molecule has 0 bridgehead atoms. The van der Waals surface area contributed by atoms with Gasteiger partial charge in [-0.15, -0.1) is 0 Å². The lowest BCUT2D eigenvalue weighted by atomic mass is 10.1. The maximum Gasteiger partial charge on any atom is 0.341 e. The highest BCUT2D eigenvalue weighted by molar-refractivity contribution is 5.83. The number of carboxylic acid groups (broad SMARTS) is 1. The van der Waals surface area contributed by atoms with Crippen LogP contribution in [0.2, 0.25) is 0 Å². The summed E-state index contributed by atoms with van der Waals surface area (Å²) in [5, 5.41) is 12.5. The summed E-state index contributed by atoms with van der Waals surface area (Å²) in [7, 11) is 0. The van der Waals surface area contributed by atoms with Crippen molar-refractivity contribution in [2.75, 3.05) is 13.2 Å². The van der Waals surface area contributed by atoms with Crippen molar-refractivity contribution in [2.45, 2.75) is 13.3 Å². The largest absolute Gasteiger partial charge is 0.494 e. The summed E-state index contributed by atoms with van der Waals surface area (Å²) >= 11 is 0. The molecule has 0 saturated heterocycles. The number of carbonyl (C=O) groups excluding carboxylic acids is 1. The first-order valence-electron chi connectivity index (χ1n) is 8.05. The number of hydrogen-bond donors (Lipinski definition) is 2. The second kappa shape index (κ2) is 9.83. The number of carboxylic acids is 1. The fraction of sp³-hybridized carbons (Fsp3) is 0.211. The molecule has 0 heterocycles. The van der Waals surface area contributed by atoms with Gasteiger partial charge in [-0.25, -0.2) is 10.2 Å². The summed E-state index contributed by atoms with van der Waals surface area (Å²) in [5.74, 6) is -0.0488. The van der Waals surface area contributed by atoms with Gasteiger partial charge in [0.15, 0.2) is 6.61 Å². The van der Waals surface area contributed by atoms with Gasteiger partial charge in [0.25, 0.3) is 0 Å². The molecule has 0 spiro atoms. The van der Waals surface area contributed by atoms with Crippen LogP contribution in [0.3, 0.4) is 0 Å². The molecule has 0 radical (unpaired) electrons. The zero-order chi connectivity index (χ0) is 18.8. The number of amides is 1. The molecule has 7 nitrogen and oxygen atoms in total. The predicted octanol–water partition coefficient (Wildman–Crippen LogP) is 2.24. The van der Waals surface area contributed by atoms with Gasteiger partial charge in [0.2, 0.25) is 5.91 Å². The van der Waals surface area contributed by atoms with Crippen LogP contribution >= 0.6 is 0 Å². The maximum atomic E-state index is 11.9. The molecule has 2 aromatic carbocycles. The van der Waals surface area contributed by atoms with E-state index >= 15 is 0 Å². The Bertz CT molecular complexity index is 755. The topological polar surface area (TPSA) is 97.2 Å². The standard InChI is InChI=1S/C19H20N2O5/c1-2-25-16-7-3-14(4-8-16)11-18(22)21-20-12-15-5-9-17(10-6-15)26-13-19(23)24/h3-10,12H,2,11,13H2,1H3,(H,21,22)(H,23,24)/b20-12+. The van der Waals surface area contributed by atoms with Crippen molar-refractivity contribution >= 4 is 18.1 Å². The zero-order valence-corrected chi connectivity index (χ0v) is 14.3. The molecule has 0 saturated carbocycles. The molecule has 0 aliphatic rings. The molecule has 2 rings (SSSR count). The van der Waals surface area contributed by atoms with Crippen molar-refractivity contribution in [3.05, 3.63) is 59.7 Å². The highest BCUT2D eigenvalue weighted by atomic mass is 16.5. The number of hydrazone groups is 1. The molecular weight excluding hydrogens is 336 g/mol. The summed E-state index contributed by atoms with van der Waals surface area (Å²) in [4.78, 5) is 22.3. The Morgan fingerprint density at radius 1 is 1.04 bits per heavy atom. The fourth-order valence-corrected chi connectivity index (χ4v) is 2.07. The van der Waals surface area contributed by atoms with Crippen molar-refractivity contribution in [1.82, 2.24) is 5.43 Å². The molecule has 136 valence electrons. The number of rotatable bonds is 9. The highest BCUT2D eigenvalue weighted by Gasteiger charge is 2.03. The van der Waals surface area contributed by atoms with Crippen LogP contribution in [0.1, 0.15) is 18.1 Å². The smallest absolute Gasteiger partial charge is 0.341 e. The number of nitrogens with zero attached hydrogens (tertiary/aromatic N) is 1. The lowest BCUT2D eigenvalue weighted by Gasteiger charge is -2.04. The molecular formula is C19H20N2O5. The van der Waals surface area contributed by atoms with E-state index in [2.05, 4.69) is 10.5 Å². The number of aliphatic carboxylic acids is 1. The van der Waals surface area contributed by atoms with Gasteiger partial charge in [-0.1, -0.05) is 12.1 Å². The van der Waals surface area contributed by atoms with Crippen LogP contribution in [0.5, 0.6) is 11.5 Å². The first-order chi connectivity index (χ1) is 12.6. The minimum Gasteiger partial charge on any atom is -0.494 e. The van der Waals surface area contributed by atoms with E-state index in [1.807, 2.05) is 31.2 Å². The molecule has 0 aliphatic heterocycles. The molecule has 1 amide bonds. The third-order valence-corrected chi connectivity index (χ3v) is 3.24. The average molecular weight is 356 g/mol. The van der Waals surface area contributed by atoms with Crippen LogP contribution in [0.15, 0.2) is 53.6 Å². The second-order valence-corrected chi connectivity index (χ2v) is 5.30. The summed E-state index contributed by atoms with van der Waals surface area (Å²) in [6, 6.07) is 14.0.